The summed E-state index contributed by atoms with van der Waals surface area (Å²) < 4.78 is 0. The van der Waals surface area contributed by atoms with E-state index in [-0.39, 0.29) is 0 Å². The van der Waals surface area contributed by atoms with Crippen molar-refractivity contribution in [1.82, 2.24) is 10.2 Å². The van der Waals surface area contributed by atoms with Gasteiger partial charge in [-0.25, -0.2) is 0 Å². The lowest BCUT2D eigenvalue weighted by molar-refractivity contribution is 0.225. The molecule has 0 bridgehead atoms. The van der Waals surface area contributed by atoms with Gasteiger partial charge in [-0.2, -0.15) is 0 Å². The molecule has 0 amide bonds. The standard InChI is InChI=1S/C11H21ClN2/c1-3-11-9-14(8-4-6-12)10(2)5-7-13-11/h4,6,10-11,13H,3,5,7-9H2,1-2H3/b6-4+. The molecule has 0 aliphatic carbocycles. The maximum atomic E-state index is 5.56. The minimum Gasteiger partial charge on any atom is -0.313 e. The van der Waals surface area contributed by atoms with E-state index in [2.05, 4.69) is 24.1 Å². The summed E-state index contributed by atoms with van der Waals surface area (Å²) in [5, 5.41) is 3.57. The monoisotopic (exact) mass is 216 g/mol. The van der Waals surface area contributed by atoms with Gasteiger partial charge >= 0.3 is 0 Å². The fourth-order valence-electron chi connectivity index (χ4n) is 1.91. The van der Waals surface area contributed by atoms with Crippen LogP contribution < -0.4 is 5.32 Å². The van der Waals surface area contributed by atoms with Gasteiger partial charge in [-0.3, -0.25) is 4.90 Å². The molecule has 2 unspecified atom stereocenters. The highest BCUT2D eigenvalue weighted by Crippen LogP contribution is 2.10. The molecule has 1 saturated heterocycles. The van der Waals surface area contributed by atoms with Crippen LogP contribution in [0.25, 0.3) is 0 Å². The molecule has 0 aromatic rings. The summed E-state index contributed by atoms with van der Waals surface area (Å²) in [6, 6.07) is 1.30. The summed E-state index contributed by atoms with van der Waals surface area (Å²) in [7, 11) is 0. The lowest BCUT2D eigenvalue weighted by Gasteiger charge is -2.27. The Labute approximate surface area is 92.3 Å². The van der Waals surface area contributed by atoms with E-state index in [0.29, 0.717) is 12.1 Å². The van der Waals surface area contributed by atoms with Gasteiger partial charge in [0.2, 0.25) is 0 Å². The molecule has 0 aromatic heterocycles. The Kier molecular flexibility index (Phi) is 5.53. The molecular weight excluding hydrogens is 196 g/mol. The first-order valence-electron chi connectivity index (χ1n) is 5.50. The molecule has 0 radical (unpaired) electrons. The third-order valence-electron chi connectivity index (χ3n) is 3.00. The van der Waals surface area contributed by atoms with Gasteiger partial charge in [0, 0.05) is 30.7 Å². The number of halogens is 1. The van der Waals surface area contributed by atoms with Crippen molar-refractivity contribution in [2.45, 2.75) is 38.8 Å². The Bertz CT molecular complexity index is 182. The van der Waals surface area contributed by atoms with Crippen LogP contribution in [0.5, 0.6) is 0 Å². The molecule has 1 fully saturated rings. The summed E-state index contributed by atoms with van der Waals surface area (Å²) in [4.78, 5) is 2.49. The third-order valence-corrected chi connectivity index (χ3v) is 3.17. The minimum absolute atomic E-state index is 0.642. The van der Waals surface area contributed by atoms with Crippen molar-refractivity contribution < 1.29 is 0 Å². The molecule has 82 valence electrons. The van der Waals surface area contributed by atoms with E-state index in [9.17, 15) is 0 Å². The Hall–Kier alpha value is -0.0500. The smallest absolute Gasteiger partial charge is 0.0192 e. The fraction of sp³-hybridized carbons (Fsp3) is 0.818. The molecule has 0 spiro atoms. The van der Waals surface area contributed by atoms with Crippen molar-refractivity contribution in [2.24, 2.45) is 0 Å². The number of hydrogen-bond donors (Lipinski definition) is 1. The van der Waals surface area contributed by atoms with Crippen molar-refractivity contribution in [3.8, 4) is 0 Å². The van der Waals surface area contributed by atoms with Crippen molar-refractivity contribution >= 4 is 11.6 Å². The molecule has 1 aliphatic rings. The zero-order chi connectivity index (χ0) is 10.4. The van der Waals surface area contributed by atoms with Gasteiger partial charge in [0.25, 0.3) is 0 Å². The van der Waals surface area contributed by atoms with E-state index in [4.69, 9.17) is 11.6 Å². The van der Waals surface area contributed by atoms with E-state index in [0.717, 1.165) is 19.6 Å². The number of rotatable bonds is 3. The normalized spacial score (nSPS) is 30.8. The average Bonchev–Trinajstić information content (AvgIpc) is 2.37. The van der Waals surface area contributed by atoms with Crippen LogP contribution in [0.3, 0.4) is 0 Å². The van der Waals surface area contributed by atoms with Crippen LogP contribution in [-0.4, -0.2) is 36.6 Å². The van der Waals surface area contributed by atoms with Crippen LogP contribution in [0.2, 0.25) is 0 Å². The van der Waals surface area contributed by atoms with Crippen molar-refractivity contribution in [1.29, 1.82) is 0 Å². The van der Waals surface area contributed by atoms with Crippen LogP contribution in [-0.2, 0) is 0 Å². The summed E-state index contributed by atoms with van der Waals surface area (Å²) in [6.07, 6.45) is 4.45. The quantitative estimate of drug-likeness (QED) is 0.778. The summed E-state index contributed by atoms with van der Waals surface area (Å²) in [5.41, 5.74) is 1.62. The van der Waals surface area contributed by atoms with Gasteiger partial charge in [0.05, 0.1) is 0 Å². The molecule has 0 saturated carbocycles. The Balaban J connectivity index is 2.49. The van der Waals surface area contributed by atoms with Crippen LogP contribution in [0, 0.1) is 0 Å². The summed E-state index contributed by atoms with van der Waals surface area (Å²) in [5.74, 6) is 0. The molecule has 1 rings (SSSR count). The maximum absolute atomic E-state index is 5.56. The Morgan fingerprint density at radius 2 is 2.36 bits per heavy atom. The van der Waals surface area contributed by atoms with Gasteiger partial charge in [-0.05, 0) is 26.3 Å². The van der Waals surface area contributed by atoms with Crippen LogP contribution >= 0.6 is 11.6 Å². The molecule has 14 heavy (non-hydrogen) atoms. The second-order valence-electron chi connectivity index (χ2n) is 4.01. The van der Waals surface area contributed by atoms with Gasteiger partial charge in [-0.15, -0.1) is 0 Å². The average molecular weight is 217 g/mol. The largest absolute Gasteiger partial charge is 0.313 e. The topological polar surface area (TPSA) is 15.3 Å². The van der Waals surface area contributed by atoms with Gasteiger partial charge in [0.1, 0.15) is 0 Å². The van der Waals surface area contributed by atoms with Crippen molar-refractivity contribution in [3.63, 3.8) is 0 Å². The first kappa shape index (κ1) is 12.0. The highest BCUT2D eigenvalue weighted by atomic mass is 35.5. The highest BCUT2D eigenvalue weighted by Gasteiger charge is 2.20. The molecule has 1 heterocycles. The first-order valence-corrected chi connectivity index (χ1v) is 5.94. The minimum atomic E-state index is 0.642. The maximum Gasteiger partial charge on any atom is 0.0192 e. The Morgan fingerprint density at radius 1 is 1.57 bits per heavy atom. The Morgan fingerprint density at radius 3 is 3.00 bits per heavy atom. The number of hydrogen-bond acceptors (Lipinski definition) is 2. The van der Waals surface area contributed by atoms with E-state index >= 15 is 0 Å². The third kappa shape index (κ3) is 3.60. The predicted molar refractivity (Wildman–Crippen MR) is 62.7 cm³/mol. The van der Waals surface area contributed by atoms with Gasteiger partial charge < -0.3 is 5.32 Å². The molecule has 3 heteroatoms. The summed E-state index contributed by atoms with van der Waals surface area (Å²) >= 11 is 5.56. The second-order valence-corrected chi connectivity index (χ2v) is 4.26. The van der Waals surface area contributed by atoms with E-state index in [1.165, 1.54) is 12.8 Å². The van der Waals surface area contributed by atoms with Crippen LogP contribution in [0.4, 0.5) is 0 Å². The number of nitrogens with zero attached hydrogens (tertiary/aromatic N) is 1. The van der Waals surface area contributed by atoms with Crippen molar-refractivity contribution in [2.75, 3.05) is 19.6 Å². The lowest BCUT2D eigenvalue weighted by Crippen LogP contribution is -2.39. The van der Waals surface area contributed by atoms with Gasteiger partial charge in [-0.1, -0.05) is 24.6 Å². The molecule has 1 N–H and O–H groups in total. The van der Waals surface area contributed by atoms with Gasteiger partial charge in [0.15, 0.2) is 0 Å². The lowest BCUT2D eigenvalue weighted by atomic mass is 10.2. The SMILES string of the molecule is CCC1CN(C/C=C/Cl)C(C)CCN1. The number of nitrogens with one attached hydrogen (secondary N) is 1. The van der Waals surface area contributed by atoms with E-state index in [1.807, 2.05) is 6.08 Å². The molecule has 1 aliphatic heterocycles. The van der Waals surface area contributed by atoms with Crippen molar-refractivity contribution in [3.05, 3.63) is 11.6 Å². The molecule has 2 atom stereocenters. The molecule has 0 aromatic carbocycles. The van der Waals surface area contributed by atoms with E-state index in [1.54, 1.807) is 5.54 Å². The zero-order valence-electron chi connectivity index (χ0n) is 9.17. The summed E-state index contributed by atoms with van der Waals surface area (Å²) in [6.45, 7) is 7.79. The van der Waals surface area contributed by atoms with Crippen LogP contribution in [0.1, 0.15) is 26.7 Å². The van der Waals surface area contributed by atoms with E-state index < -0.39 is 0 Å². The highest BCUT2D eigenvalue weighted by molar-refractivity contribution is 6.25. The first-order chi connectivity index (χ1) is 6.77. The predicted octanol–water partition coefficient (Wildman–Crippen LogP) is 2.20. The molecule has 2 nitrogen and oxygen atoms in total. The molecular formula is C11H21ClN2. The second kappa shape index (κ2) is 6.44. The zero-order valence-corrected chi connectivity index (χ0v) is 9.93. The fourth-order valence-corrected chi connectivity index (χ4v) is 1.99. The van der Waals surface area contributed by atoms with Crippen LogP contribution in [0.15, 0.2) is 11.6 Å².